The molecule has 2 N–H and O–H groups in total. The van der Waals surface area contributed by atoms with E-state index in [4.69, 9.17) is 37.5 Å². The van der Waals surface area contributed by atoms with E-state index < -0.39 is 61.7 Å². The number of nitrogens with one attached hydrogen (secondary N) is 1. The van der Waals surface area contributed by atoms with Gasteiger partial charge in [-0.05, 0) is 22.3 Å². The van der Waals surface area contributed by atoms with Crippen LogP contribution in [0.4, 0.5) is 0 Å². The third-order valence-corrected chi connectivity index (χ3v) is 10.7. The highest BCUT2D eigenvalue weighted by molar-refractivity contribution is 7.54. The van der Waals surface area contributed by atoms with Gasteiger partial charge in [-0.15, -0.1) is 0 Å². The lowest BCUT2D eigenvalue weighted by atomic mass is 9.95. The SMILES string of the molecule is COC(=O)C(=O)O[C@@H]([C@@H](NC(C)=O)[C@@H](OCc1ccccc1)[C@H](O)P(=O)(OC)OC)[C@H](OCc1ccccc1)[C@@H](COCc1ccccc1)OCc1ccccc1. The van der Waals surface area contributed by atoms with Crippen molar-refractivity contribution in [3.8, 4) is 0 Å². The van der Waals surface area contributed by atoms with Gasteiger partial charge in [-0.2, -0.15) is 0 Å². The monoisotopic (exact) mass is 807 g/mol. The summed E-state index contributed by atoms with van der Waals surface area (Å²) in [7, 11) is -1.26. The molecular weight excluding hydrogens is 757 g/mol. The fraction of sp³-hybridized carbons (Fsp3) is 0.357. The van der Waals surface area contributed by atoms with E-state index in [1.165, 1.54) is 6.92 Å². The highest BCUT2D eigenvalue weighted by atomic mass is 31.2. The molecule has 14 nitrogen and oxygen atoms in total. The van der Waals surface area contributed by atoms with E-state index in [9.17, 15) is 24.1 Å². The molecule has 4 rings (SSSR count). The van der Waals surface area contributed by atoms with E-state index >= 15 is 0 Å². The molecule has 0 heterocycles. The zero-order chi connectivity index (χ0) is 41.0. The fourth-order valence-electron chi connectivity index (χ4n) is 5.86. The molecule has 15 heteroatoms. The van der Waals surface area contributed by atoms with Crippen molar-refractivity contribution >= 4 is 25.4 Å². The predicted molar refractivity (Wildman–Crippen MR) is 208 cm³/mol. The van der Waals surface area contributed by atoms with Crippen LogP contribution in [0.3, 0.4) is 0 Å². The third kappa shape index (κ3) is 14.0. The summed E-state index contributed by atoms with van der Waals surface area (Å²) in [5, 5.41) is 14.6. The van der Waals surface area contributed by atoms with E-state index in [1.54, 1.807) is 30.3 Å². The Hall–Kier alpha value is -4.76. The molecule has 0 aliphatic heterocycles. The molecule has 6 atom stereocenters. The van der Waals surface area contributed by atoms with Crippen LogP contribution in [0.15, 0.2) is 121 Å². The zero-order valence-corrected chi connectivity index (χ0v) is 33.2. The quantitative estimate of drug-likeness (QED) is 0.0558. The average Bonchev–Trinajstić information content (AvgIpc) is 3.25. The molecule has 0 saturated carbocycles. The van der Waals surface area contributed by atoms with Crippen molar-refractivity contribution in [1.29, 1.82) is 0 Å². The maximum Gasteiger partial charge on any atom is 0.417 e. The Labute approximate surface area is 332 Å². The Balaban J connectivity index is 1.89. The van der Waals surface area contributed by atoms with Gasteiger partial charge >= 0.3 is 19.5 Å². The van der Waals surface area contributed by atoms with Crippen LogP contribution in [-0.2, 0) is 82.8 Å². The summed E-state index contributed by atoms with van der Waals surface area (Å²) in [6.07, 6.45) is -5.94. The maximum atomic E-state index is 13.9. The van der Waals surface area contributed by atoms with Gasteiger partial charge in [-0.25, -0.2) is 9.59 Å². The van der Waals surface area contributed by atoms with Crippen LogP contribution in [-0.4, -0.2) is 87.2 Å². The number of carbonyl (C=O) groups is 3. The van der Waals surface area contributed by atoms with Gasteiger partial charge in [-0.3, -0.25) is 9.36 Å². The summed E-state index contributed by atoms with van der Waals surface area (Å²) in [4.78, 5) is 39.3. The topological polar surface area (TPSA) is 174 Å². The standard InChI is InChI=1S/C42H50NO13P/c1-30(44)43-36(39(42(47)57(48,50-3)51-4)55-28-34-23-15-8-16-24-34)38(56-41(46)40(45)49-2)37(54-27-33-21-13-7-14-22-33)35(53-26-32-19-11-6-12-20-32)29-52-25-31-17-9-5-10-18-31/h5-24,35-39,42,47H,25-29H2,1-4H3,(H,43,44)/t35-,36-,37-,38+,39-,42-/m1/s1. The van der Waals surface area contributed by atoms with Gasteiger partial charge in [0.25, 0.3) is 0 Å². The number of hydrogen-bond donors (Lipinski definition) is 2. The van der Waals surface area contributed by atoms with Crippen LogP contribution in [0.5, 0.6) is 0 Å². The summed E-state index contributed by atoms with van der Waals surface area (Å²) < 4.78 is 60.5. The molecule has 4 aromatic rings. The van der Waals surface area contributed by atoms with Gasteiger partial charge in [0.05, 0.1) is 46.2 Å². The number of methoxy groups -OCH3 is 1. The molecule has 0 aliphatic carbocycles. The van der Waals surface area contributed by atoms with Crippen LogP contribution < -0.4 is 5.32 Å². The molecule has 0 fully saturated rings. The Morgan fingerprint density at radius 1 is 0.596 bits per heavy atom. The number of hydrogen-bond acceptors (Lipinski definition) is 13. The van der Waals surface area contributed by atoms with Crippen LogP contribution >= 0.6 is 7.60 Å². The highest BCUT2D eigenvalue weighted by Gasteiger charge is 2.51. The lowest BCUT2D eigenvalue weighted by Crippen LogP contribution is -2.62. The fourth-order valence-corrected chi connectivity index (χ4v) is 7.07. The molecule has 0 saturated heterocycles. The second-order valence-electron chi connectivity index (χ2n) is 12.8. The highest BCUT2D eigenvalue weighted by Crippen LogP contribution is 2.53. The predicted octanol–water partition coefficient (Wildman–Crippen LogP) is 5.35. The van der Waals surface area contributed by atoms with Gasteiger partial charge < -0.3 is 47.9 Å². The summed E-state index contributed by atoms with van der Waals surface area (Å²) in [6.45, 7) is 0.950. The summed E-state index contributed by atoms with van der Waals surface area (Å²) in [5.74, 6) is -5.60. The van der Waals surface area contributed by atoms with Crippen LogP contribution in [0.2, 0.25) is 0 Å². The Kier molecular flexibility index (Phi) is 18.5. The first kappa shape index (κ1) is 44.9. The minimum absolute atomic E-state index is 0.0347. The number of esters is 2. The molecule has 1 amide bonds. The van der Waals surface area contributed by atoms with E-state index in [-0.39, 0.29) is 33.0 Å². The van der Waals surface area contributed by atoms with Gasteiger partial charge in [0, 0.05) is 21.1 Å². The molecule has 0 aliphatic rings. The smallest absolute Gasteiger partial charge is 0.417 e. The minimum atomic E-state index is -4.42. The number of aliphatic hydroxyl groups is 1. The second kappa shape index (κ2) is 23.5. The number of benzene rings is 4. The normalized spacial score (nSPS) is 14.7. The lowest BCUT2D eigenvalue weighted by molar-refractivity contribution is -0.198. The zero-order valence-electron chi connectivity index (χ0n) is 32.3. The number of ether oxygens (including phenoxy) is 6. The molecule has 0 aromatic heterocycles. The number of amides is 1. The second-order valence-corrected chi connectivity index (χ2v) is 15.1. The van der Waals surface area contributed by atoms with E-state index in [1.807, 2.05) is 91.0 Å². The average molecular weight is 808 g/mol. The summed E-state index contributed by atoms with van der Waals surface area (Å²) >= 11 is 0. The summed E-state index contributed by atoms with van der Waals surface area (Å²) in [6, 6.07) is 34.9. The summed E-state index contributed by atoms with van der Waals surface area (Å²) in [5.41, 5.74) is 3.00. The van der Waals surface area contributed by atoms with Crippen molar-refractivity contribution in [2.45, 2.75) is 69.7 Å². The maximum absolute atomic E-state index is 13.9. The largest absolute Gasteiger partial charge is 0.461 e. The van der Waals surface area contributed by atoms with Crippen molar-refractivity contribution in [2.75, 3.05) is 27.9 Å². The Morgan fingerprint density at radius 3 is 1.44 bits per heavy atom. The number of carbonyl (C=O) groups excluding carboxylic acids is 3. The first-order valence-corrected chi connectivity index (χ1v) is 19.7. The van der Waals surface area contributed by atoms with Crippen molar-refractivity contribution in [3.05, 3.63) is 144 Å². The van der Waals surface area contributed by atoms with E-state index in [2.05, 4.69) is 5.32 Å². The van der Waals surface area contributed by atoms with Gasteiger partial charge in [0.2, 0.25) is 5.91 Å². The first-order valence-electron chi connectivity index (χ1n) is 18.1. The van der Waals surface area contributed by atoms with Gasteiger partial charge in [0.1, 0.15) is 18.3 Å². The first-order chi connectivity index (χ1) is 27.6. The van der Waals surface area contributed by atoms with E-state index in [0.717, 1.165) is 32.5 Å². The lowest BCUT2D eigenvalue weighted by Gasteiger charge is -2.41. The van der Waals surface area contributed by atoms with Crippen molar-refractivity contribution < 1.29 is 61.5 Å². The van der Waals surface area contributed by atoms with Crippen LogP contribution in [0, 0.1) is 0 Å². The number of rotatable bonds is 23. The Bertz CT molecular complexity index is 1830. The third-order valence-electron chi connectivity index (χ3n) is 8.76. The van der Waals surface area contributed by atoms with E-state index in [0.29, 0.717) is 11.1 Å². The van der Waals surface area contributed by atoms with Crippen LogP contribution in [0.25, 0.3) is 0 Å². The molecule has 0 radical (unpaired) electrons. The molecule has 306 valence electrons. The molecule has 0 bridgehead atoms. The van der Waals surface area contributed by atoms with Crippen LogP contribution in [0.1, 0.15) is 29.2 Å². The van der Waals surface area contributed by atoms with Gasteiger partial charge in [0.15, 0.2) is 11.9 Å². The Morgan fingerprint density at radius 2 is 1.02 bits per heavy atom. The molecule has 0 spiro atoms. The molecule has 0 unspecified atom stereocenters. The van der Waals surface area contributed by atoms with Crippen molar-refractivity contribution in [3.63, 3.8) is 0 Å². The minimum Gasteiger partial charge on any atom is -0.461 e. The van der Waals surface area contributed by atoms with Crippen molar-refractivity contribution in [2.24, 2.45) is 0 Å². The van der Waals surface area contributed by atoms with Crippen molar-refractivity contribution in [1.82, 2.24) is 5.32 Å². The molecule has 4 aromatic carbocycles. The molecule has 57 heavy (non-hydrogen) atoms. The number of aliphatic hydroxyl groups excluding tert-OH is 1. The molecular formula is C42H50NO13P. The van der Waals surface area contributed by atoms with Gasteiger partial charge in [-0.1, -0.05) is 121 Å².